The summed E-state index contributed by atoms with van der Waals surface area (Å²) in [7, 11) is 0. The molecule has 1 saturated heterocycles. The van der Waals surface area contributed by atoms with Gasteiger partial charge in [0.2, 0.25) is 0 Å². The Labute approximate surface area is 100 Å². The van der Waals surface area contributed by atoms with Crippen LogP contribution < -0.4 is 5.32 Å². The summed E-state index contributed by atoms with van der Waals surface area (Å²) in [5, 5.41) is 3.71. The molecule has 2 rings (SSSR count). The summed E-state index contributed by atoms with van der Waals surface area (Å²) >= 11 is 0. The predicted octanol–water partition coefficient (Wildman–Crippen LogP) is 3.26. The van der Waals surface area contributed by atoms with E-state index in [1.54, 1.807) is 0 Å². The summed E-state index contributed by atoms with van der Waals surface area (Å²) in [6.45, 7) is 2.20. The average Bonchev–Trinajstić information content (AvgIpc) is 2.37. The lowest BCUT2D eigenvalue weighted by Crippen LogP contribution is -2.32. The standard InChI is InChI=1S/C14H27NO/c1-2-7-13(8-3-1)15-11-6-10-14-9-4-5-12-16-14/h13-15H,1-12H2. The number of hydrogen-bond acceptors (Lipinski definition) is 2. The van der Waals surface area contributed by atoms with Gasteiger partial charge in [0.25, 0.3) is 0 Å². The SMILES string of the molecule is C1CCC(NCCCC2CCCCO2)CC1. The Kier molecular flexibility index (Phi) is 5.64. The zero-order valence-electron chi connectivity index (χ0n) is 10.5. The van der Waals surface area contributed by atoms with Crippen LogP contribution in [0, 0.1) is 0 Å². The zero-order chi connectivity index (χ0) is 11.1. The molecule has 0 amide bonds. The van der Waals surface area contributed by atoms with Crippen LogP contribution in [0.15, 0.2) is 0 Å². The summed E-state index contributed by atoms with van der Waals surface area (Å²) < 4.78 is 5.74. The highest BCUT2D eigenvalue weighted by molar-refractivity contribution is 4.72. The molecule has 0 radical (unpaired) electrons. The fourth-order valence-corrected chi connectivity index (χ4v) is 2.98. The third-order valence-corrected chi connectivity index (χ3v) is 4.02. The molecule has 1 N–H and O–H groups in total. The quantitative estimate of drug-likeness (QED) is 0.725. The molecule has 1 aliphatic carbocycles. The van der Waals surface area contributed by atoms with Crippen LogP contribution in [0.3, 0.4) is 0 Å². The van der Waals surface area contributed by atoms with Crippen molar-refractivity contribution in [3.05, 3.63) is 0 Å². The van der Waals surface area contributed by atoms with E-state index in [1.807, 2.05) is 0 Å². The molecule has 1 aliphatic heterocycles. The van der Waals surface area contributed by atoms with E-state index < -0.39 is 0 Å². The molecule has 0 spiro atoms. The Bertz CT molecular complexity index is 152. The highest BCUT2D eigenvalue weighted by Gasteiger charge is 2.14. The van der Waals surface area contributed by atoms with Gasteiger partial charge in [-0.2, -0.15) is 0 Å². The topological polar surface area (TPSA) is 21.3 Å². The van der Waals surface area contributed by atoms with Gasteiger partial charge in [-0.15, -0.1) is 0 Å². The van der Waals surface area contributed by atoms with Crippen molar-refractivity contribution in [3.8, 4) is 0 Å². The molecule has 2 nitrogen and oxygen atoms in total. The van der Waals surface area contributed by atoms with E-state index in [2.05, 4.69) is 5.32 Å². The minimum absolute atomic E-state index is 0.571. The first kappa shape index (κ1) is 12.4. The normalized spacial score (nSPS) is 28.1. The lowest BCUT2D eigenvalue weighted by Gasteiger charge is -2.25. The Hall–Kier alpha value is -0.0800. The van der Waals surface area contributed by atoms with Gasteiger partial charge in [0.1, 0.15) is 0 Å². The van der Waals surface area contributed by atoms with Crippen molar-refractivity contribution in [2.75, 3.05) is 13.2 Å². The number of rotatable bonds is 5. The van der Waals surface area contributed by atoms with Crippen molar-refractivity contribution in [2.24, 2.45) is 0 Å². The Morgan fingerprint density at radius 1 is 0.938 bits per heavy atom. The van der Waals surface area contributed by atoms with Gasteiger partial charge < -0.3 is 10.1 Å². The smallest absolute Gasteiger partial charge is 0.0575 e. The highest BCUT2D eigenvalue weighted by atomic mass is 16.5. The van der Waals surface area contributed by atoms with Crippen molar-refractivity contribution >= 4 is 0 Å². The largest absolute Gasteiger partial charge is 0.378 e. The van der Waals surface area contributed by atoms with Crippen molar-refractivity contribution in [2.45, 2.75) is 76.4 Å². The molecule has 1 unspecified atom stereocenters. The molecule has 2 heteroatoms. The van der Waals surface area contributed by atoms with Crippen molar-refractivity contribution in [1.82, 2.24) is 5.32 Å². The second-order valence-electron chi connectivity index (χ2n) is 5.42. The minimum atomic E-state index is 0.571. The van der Waals surface area contributed by atoms with Gasteiger partial charge in [-0.3, -0.25) is 0 Å². The third-order valence-electron chi connectivity index (χ3n) is 4.02. The van der Waals surface area contributed by atoms with Gasteiger partial charge in [0, 0.05) is 12.6 Å². The van der Waals surface area contributed by atoms with E-state index >= 15 is 0 Å². The lowest BCUT2D eigenvalue weighted by atomic mass is 9.95. The summed E-state index contributed by atoms with van der Waals surface area (Å²) in [6, 6.07) is 0.820. The van der Waals surface area contributed by atoms with Gasteiger partial charge in [-0.1, -0.05) is 19.3 Å². The molecule has 0 bridgehead atoms. The molecule has 0 aromatic heterocycles. The molecule has 2 aliphatic rings. The predicted molar refractivity (Wildman–Crippen MR) is 67.7 cm³/mol. The van der Waals surface area contributed by atoms with Crippen LogP contribution in [-0.2, 0) is 4.74 Å². The van der Waals surface area contributed by atoms with Crippen molar-refractivity contribution < 1.29 is 4.74 Å². The molecule has 1 heterocycles. The van der Waals surface area contributed by atoms with Crippen LogP contribution in [0.2, 0.25) is 0 Å². The molecule has 0 aromatic rings. The Balaban J connectivity index is 1.47. The van der Waals surface area contributed by atoms with E-state index in [4.69, 9.17) is 4.74 Å². The molecular weight excluding hydrogens is 198 g/mol. The molecule has 16 heavy (non-hydrogen) atoms. The second-order valence-corrected chi connectivity index (χ2v) is 5.42. The van der Waals surface area contributed by atoms with Crippen LogP contribution in [0.5, 0.6) is 0 Å². The van der Waals surface area contributed by atoms with Crippen LogP contribution >= 0.6 is 0 Å². The fourth-order valence-electron chi connectivity index (χ4n) is 2.98. The van der Waals surface area contributed by atoms with Crippen molar-refractivity contribution in [1.29, 1.82) is 0 Å². The van der Waals surface area contributed by atoms with Crippen LogP contribution in [0.25, 0.3) is 0 Å². The van der Waals surface area contributed by atoms with E-state index in [0.717, 1.165) is 12.6 Å². The third kappa shape index (κ3) is 4.42. The lowest BCUT2D eigenvalue weighted by molar-refractivity contribution is 0.0101. The maximum Gasteiger partial charge on any atom is 0.0575 e. The summed E-state index contributed by atoms with van der Waals surface area (Å²) in [5.74, 6) is 0. The monoisotopic (exact) mass is 225 g/mol. The highest BCUT2D eigenvalue weighted by Crippen LogP contribution is 2.18. The van der Waals surface area contributed by atoms with Gasteiger partial charge >= 0.3 is 0 Å². The summed E-state index contributed by atoms with van der Waals surface area (Å²) in [6.07, 6.45) is 14.2. The first-order chi connectivity index (χ1) is 7.95. The zero-order valence-corrected chi connectivity index (χ0v) is 10.5. The van der Waals surface area contributed by atoms with E-state index in [1.165, 1.54) is 70.8 Å². The molecule has 1 atom stereocenters. The second kappa shape index (κ2) is 7.29. The first-order valence-electron chi connectivity index (χ1n) is 7.30. The van der Waals surface area contributed by atoms with E-state index in [9.17, 15) is 0 Å². The first-order valence-corrected chi connectivity index (χ1v) is 7.30. The van der Waals surface area contributed by atoms with Gasteiger partial charge in [0.15, 0.2) is 0 Å². The van der Waals surface area contributed by atoms with Gasteiger partial charge in [-0.05, 0) is 51.5 Å². The van der Waals surface area contributed by atoms with Crippen molar-refractivity contribution in [3.63, 3.8) is 0 Å². The molecule has 94 valence electrons. The summed E-state index contributed by atoms with van der Waals surface area (Å²) in [4.78, 5) is 0. The maximum atomic E-state index is 5.74. The van der Waals surface area contributed by atoms with Crippen LogP contribution in [0.4, 0.5) is 0 Å². The van der Waals surface area contributed by atoms with Gasteiger partial charge in [-0.25, -0.2) is 0 Å². The number of nitrogens with one attached hydrogen (secondary N) is 1. The average molecular weight is 225 g/mol. The fraction of sp³-hybridized carbons (Fsp3) is 1.00. The number of hydrogen-bond donors (Lipinski definition) is 1. The Morgan fingerprint density at radius 3 is 2.50 bits per heavy atom. The van der Waals surface area contributed by atoms with Gasteiger partial charge in [0.05, 0.1) is 6.10 Å². The molecule has 0 aromatic carbocycles. The molecular formula is C14H27NO. The van der Waals surface area contributed by atoms with Crippen LogP contribution in [0.1, 0.15) is 64.2 Å². The Morgan fingerprint density at radius 2 is 1.75 bits per heavy atom. The molecule has 2 fully saturated rings. The van der Waals surface area contributed by atoms with Crippen LogP contribution in [-0.4, -0.2) is 25.3 Å². The van der Waals surface area contributed by atoms with E-state index in [-0.39, 0.29) is 0 Å². The number of ether oxygens (including phenoxy) is 1. The summed E-state index contributed by atoms with van der Waals surface area (Å²) in [5.41, 5.74) is 0. The van der Waals surface area contributed by atoms with E-state index in [0.29, 0.717) is 6.10 Å². The molecule has 1 saturated carbocycles. The minimum Gasteiger partial charge on any atom is -0.378 e. The maximum absolute atomic E-state index is 5.74.